The van der Waals surface area contributed by atoms with E-state index in [4.69, 9.17) is 0 Å². The molecule has 1 amide bonds. The number of fused-ring (bicyclic) bond motifs is 1. The van der Waals surface area contributed by atoms with Gasteiger partial charge in [0.05, 0.1) is 30.0 Å². The summed E-state index contributed by atoms with van der Waals surface area (Å²) in [6.45, 7) is 3.54. The zero-order valence-electron chi connectivity index (χ0n) is 17.8. The summed E-state index contributed by atoms with van der Waals surface area (Å²) in [5.41, 5.74) is 4.81. The first kappa shape index (κ1) is 22.1. The predicted octanol–water partition coefficient (Wildman–Crippen LogP) is 5.08. The summed E-state index contributed by atoms with van der Waals surface area (Å²) < 4.78 is 52.6. The molecular formula is C23H24F4N4O. The number of pyridine rings is 1. The van der Waals surface area contributed by atoms with Crippen LogP contribution in [0.4, 0.5) is 23.2 Å². The minimum absolute atomic E-state index is 0.238. The van der Waals surface area contributed by atoms with E-state index < -0.39 is 24.8 Å². The summed E-state index contributed by atoms with van der Waals surface area (Å²) in [4.78, 5) is 16.8. The van der Waals surface area contributed by atoms with Crippen molar-refractivity contribution in [2.24, 2.45) is 0 Å². The van der Waals surface area contributed by atoms with Crippen molar-refractivity contribution in [2.45, 2.75) is 51.5 Å². The average Bonchev–Trinajstić information content (AvgIpc) is 3.24. The highest BCUT2D eigenvalue weighted by Gasteiger charge is 2.38. The molecule has 2 N–H and O–H groups in total. The van der Waals surface area contributed by atoms with Crippen molar-refractivity contribution >= 4 is 17.2 Å². The number of rotatable bonds is 7. The van der Waals surface area contributed by atoms with Gasteiger partial charge in [-0.05, 0) is 42.7 Å². The van der Waals surface area contributed by atoms with Gasteiger partial charge >= 0.3 is 6.18 Å². The van der Waals surface area contributed by atoms with Crippen molar-refractivity contribution in [2.75, 3.05) is 11.9 Å². The molecule has 0 saturated heterocycles. The van der Waals surface area contributed by atoms with Crippen molar-refractivity contribution in [1.82, 2.24) is 14.7 Å². The highest BCUT2D eigenvalue weighted by atomic mass is 19.4. The third kappa shape index (κ3) is 4.71. The maximum atomic E-state index is 13.1. The number of hydrogen-bond donors (Lipinski definition) is 2. The first-order chi connectivity index (χ1) is 15.2. The van der Waals surface area contributed by atoms with Crippen molar-refractivity contribution in [3.63, 3.8) is 0 Å². The van der Waals surface area contributed by atoms with Crippen LogP contribution in [0, 0.1) is 6.92 Å². The second kappa shape index (κ2) is 8.44. The Morgan fingerprint density at radius 1 is 1.28 bits per heavy atom. The Balaban J connectivity index is 1.63. The summed E-state index contributed by atoms with van der Waals surface area (Å²) in [6, 6.07) is 6.75. The van der Waals surface area contributed by atoms with E-state index in [1.165, 1.54) is 0 Å². The zero-order valence-corrected chi connectivity index (χ0v) is 17.8. The van der Waals surface area contributed by atoms with Crippen molar-refractivity contribution in [3.05, 3.63) is 53.3 Å². The quantitative estimate of drug-likeness (QED) is 0.496. The van der Waals surface area contributed by atoms with Crippen LogP contribution >= 0.6 is 0 Å². The number of benzene rings is 1. The Hall–Kier alpha value is -3.10. The zero-order chi connectivity index (χ0) is 23.0. The number of imidazole rings is 1. The number of amides is 1. The first-order valence-electron chi connectivity index (χ1n) is 10.5. The highest BCUT2D eigenvalue weighted by molar-refractivity contribution is 5.96. The van der Waals surface area contributed by atoms with E-state index in [-0.39, 0.29) is 12.5 Å². The molecule has 170 valence electrons. The van der Waals surface area contributed by atoms with E-state index in [2.05, 4.69) is 15.6 Å². The molecule has 0 spiro atoms. The van der Waals surface area contributed by atoms with Crippen LogP contribution in [0.25, 0.3) is 16.9 Å². The summed E-state index contributed by atoms with van der Waals surface area (Å²) in [5.74, 6) is -0.304. The molecule has 1 aromatic carbocycles. The van der Waals surface area contributed by atoms with Crippen LogP contribution in [-0.4, -0.2) is 40.2 Å². The lowest BCUT2D eigenvalue weighted by Gasteiger charge is -2.13. The maximum absolute atomic E-state index is 13.1. The number of halogens is 4. The summed E-state index contributed by atoms with van der Waals surface area (Å²) in [6.07, 6.45) is -1.51. The van der Waals surface area contributed by atoms with E-state index in [9.17, 15) is 22.4 Å². The molecule has 32 heavy (non-hydrogen) atoms. The molecular weight excluding hydrogens is 424 g/mol. The Labute approximate surface area is 182 Å². The largest absolute Gasteiger partial charge is 0.390 e. The van der Waals surface area contributed by atoms with Gasteiger partial charge in [-0.15, -0.1) is 0 Å². The Bertz CT molecular complexity index is 1150. The van der Waals surface area contributed by atoms with E-state index >= 15 is 0 Å². The molecule has 2 atom stereocenters. The molecule has 1 saturated carbocycles. The van der Waals surface area contributed by atoms with E-state index in [1.54, 1.807) is 18.3 Å². The molecule has 0 bridgehead atoms. The fraction of sp³-hybridized carbons (Fsp3) is 0.391. The average molecular weight is 448 g/mol. The fourth-order valence-electron chi connectivity index (χ4n) is 3.66. The van der Waals surface area contributed by atoms with Crippen molar-refractivity contribution < 1.29 is 22.4 Å². The first-order valence-corrected chi connectivity index (χ1v) is 10.5. The second-order valence-corrected chi connectivity index (χ2v) is 8.11. The topological polar surface area (TPSA) is 58.4 Å². The van der Waals surface area contributed by atoms with Crippen molar-refractivity contribution in [3.8, 4) is 11.3 Å². The van der Waals surface area contributed by atoms with E-state index in [0.29, 0.717) is 29.7 Å². The van der Waals surface area contributed by atoms with Gasteiger partial charge in [0.15, 0.2) is 5.65 Å². The number of carbonyl (C=O) groups excluding carboxylic acids is 1. The van der Waals surface area contributed by atoms with Crippen LogP contribution in [0.5, 0.6) is 0 Å². The van der Waals surface area contributed by atoms with Crippen LogP contribution in [-0.2, 0) is 6.42 Å². The van der Waals surface area contributed by atoms with E-state index in [1.807, 2.05) is 36.6 Å². The minimum atomic E-state index is -4.23. The van der Waals surface area contributed by atoms with Gasteiger partial charge in [0.1, 0.15) is 6.17 Å². The highest BCUT2D eigenvalue weighted by Crippen LogP contribution is 2.29. The number of alkyl halides is 4. The van der Waals surface area contributed by atoms with Crippen LogP contribution < -0.4 is 10.6 Å². The molecule has 9 heteroatoms. The van der Waals surface area contributed by atoms with Gasteiger partial charge in [0.2, 0.25) is 0 Å². The SMILES string of the molecule is CCc1cc(NCCC(F)(F)F)c2ncc(-c3ccc(C(=O)NC4CC4F)c(C)c3)n2c1. The molecule has 1 aliphatic carbocycles. The van der Waals surface area contributed by atoms with Gasteiger partial charge in [-0.3, -0.25) is 9.20 Å². The van der Waals surface area contributed by atoms with E-state index in [0.717, 1.165) is 22.4 Å². The standard InChI is InChI=1S/C23H24F4N4O/c1-3-14-9-19(28-7-6-23(25,26)27)21-29-11-20(31(21)12-14)15-4-5-16(13(2)8-15)22(32)30-18-10-17(18)24/h4-5,8-9,11-12,17-18,28H,3,6-7,10H2,1-2H3,(H,30,32). The van der Waals surface area contributed by atoms with Gasteiger partial charge in [0.25, 0.3) is 5.91 Å². The lowest BCUT2D eigenvalue weighted by molar-refractivity contribution is -0.131. The predicted molar refractivity (Wildman–Crippen MR) is 115 cm³/mol. The number of aromatic nitrogens is 2. The summed E-state index contributed by atoms with van der Waals surface area (Å²) >= 11 is 0. The molecule has 1 fully saturated rings. The Kier molecular flexibility index (Phi) is 5.83. The van der Waals surface area contributed by atoms with Crippen molar-refractivity contribution in [1.29, 1.82) is 0 Å². The normalized spacial score (nSPS) is 18.1. The van der Waals surface area contributed by atoms with Crippen LogP contribution in [0.1, 0.15) is 41.3 Å². The maximum Gasteiger partial charge on any atom is 0.390 e. The molecule has 0 radical (unpaired) electrons. The number of nitrogens with one attached hydrogen (secondary N) is 2. The second-order valence-electron chi connectivity index (χ2n) is 8.11. The van der Waals surface area contributed by atoms with Crippen LogP contribution in [0.15, 0.2) is 36.7 Å². The number of nitrogens with zero attached hydrogens (tertiary/aromatic N) is 2. The van der Waals surface area contributed by atoms with Gasteiger partial charge in [-0.1, -0.05) is 13.0 Å². The number of anilines is 1. The molecule has 1 aliphatic rings. The molecule has 4 rings (SSSR count). The van der Waals surface area contributed by atoms with Crippen LogP contribution in [0.2, 0.25) is 0 Å². The molecule has 0 aliphatic heterocycles. The van der Waals surface area contributed by atoms with Crippen LogP contribution in [0.3, 0.4) is 0 Å². The van der Waals surface area contributed by atoms with Gasteiger partial charge < -0.3 is 10.6 Å². The summed E-state index contributed by atoms with van der Waals surface area (Å²) in [7, 11) is 0. The molecule has 2 unspecified atom stereocenters. The smallest absolute Gasteiger partial charge is 0.382 e. The molecule has 3 aromatic rings. The third-order valence-corrected chi connectivity index (χ3v) is 5.59. The Morgan fingerprint density at radius 2 is 2.03 bits per heavy atom. The lowest BCUT2D eigenvalue weighted by atomic mass is 10.0. The van der Waals surface area contributed by atoms with Gasteiger partial charge in [0, 0.05) is 30.3 Å². The monoisotopic (exact) mass is 448 g/mol. The number of carbonyl (C=O) groups is 1. The molecule has 2 aromatic heterocycles. The fourth-order valence-corrected chi connectivity index (χ4v) is 3.66. The lowest BCUT2D eigenvalue weighted by Crippen LogP contribution is -2.27. The summed E-state index contributed by atoms with van der Waals surface area (Å²) in [5, 5.41) is 5.54. The minimum Gasteiger partial charge on any atom is -0.382 e. The third-order valence-electron chi connectivity index (χ3n) is 5.59. The molecule has 2 heterocycles. The molecule has 5 nitrogen and oxygen atoms in total. The Morgan fingerprint density at radius 3 is 2.66 bits per heavy atom. The van der Waals surface area contributed by atoms with Gasteiger partial charge in [-0.2, -0.15) is 13.2 Å². The number of aryl methyl sites for hydroxylation is 2. The van der Waals surface area contributed by atoms with Gasteiger partial charge in [-0.25, -0.2) is 9.37 Å². The number of hydrogen-bond acceptors (Lipinski definition) is 3.